The Balaban J connectivity index is 2.49. The number of esters is 1. The van der Waals surface area contributed by atoms with Gasteiger partial charge in [0.25, 0.3) is 0 Å². The summed E-state index contributed by atoms with van der Waals surface area (Å²) < 4.78 is 5.84. The first-order valence-corrected chi connectivity index (χ1v) is 6.29. The monoisotopic (exact) mass is 295 g/mol. The molecule has 17 heavy (non-hydrogen) atoms. The summed E-state index contributed by atoms with van der Waals surface area (Å²) in [4.78, 5) is 11.7. The Labute approximate surface area is 109 Å². The number of hydrogen-bond acceptors (Lipinski definition) is 3. The topological polar surface area (TPSA) is 38.3 Å². The number of methoxy groups -OCH3 is 1. The number of rotatable bonds is 2. The standard InChI is InChI=1S/C13H14BrNO2/c1-17-13(16)11-8-15-7-6-9(11)10-4-2-3-5-12(10)14/h2-5,15H,6-8H2,1H3. The molecule has 0 fully saturated rings. The number of halogens is 1. The Morgan fingerprint density at radius 2 is 2.18 bits per heavy atom. The lowest BCUT2D eigenvalue weighted by molar-refractivity contribution is -0.136. The van der Waals surface area contributed by atoms with Gasteiger partial charge >= 0.3 is 5.97 Å². The second-order valence-corrected chi connectivity index (χ2v) is 4.71. The Bertz CT molecular complexity index is 468. The predicted molar refractivity (Wildman–Crippen MR) is 70.6 cm³/mol. The van der Waals surface area contributed by atoms with Gasteiger partial charge in [0.15, 0.2) is 0 Å². The van der Waals surface area contributed by atoms with Gasteiger partial charge in [0.1, 0.15) is 0 Å². The van der Waals surface area contributed by atoms with Gasteiger partial charge in [-0.3, -0.25) is 0 Å². The highest BCUT2D eigenvalue weighted by Crippen LogP contribution is 2.30. The van der Waals surface area contributed by atoms with Crippen molar-refractivity contribution in [2.75, 3.05) is 20.2 Å². The molecule has 0 amide bonds. The summed E-state index contributed by atoms with van der Waals surface area (Å²) in [7, 11) is 1.42. The smallest absolute Gasteiger partial charge is 0.335 e. The van der Waals surface area contributed by atoms with Crippen molar-refractivity contribution in [3.8, 4) is 0 Å². The summed E-state index contributed by atoms with van der Waals surface area (Å²) >= 11 is 3.52. The molecule has 1 aromatic rings. The molecule has 0 spiro atoms. The van der Waals surface area contributed by atoms with Crippen LogP contribution in [0.2, 0.25) is 0 Å². The normalized spacial score (nSPS) is 15.9. The Morgan fingerprint density at radius 3 is 2.88 bits per heavy atom. The number of ether oxygens (including phenoxy) is 1. The molecule has 0 aromatic heterocycles. The molecule has 0 saturated carbocycles. The average Bonchev–Trinajstić information content (AvgIpc) is 2.38. The van der Waals surface area contributed by atoms with Crippen LogP contribution < -0.4 is 5.32 Å². The van der Waals surface area contributed by atoms with E-state index in [2.05, 4.69) is 21.2 Å². The summed E-state index contributed by atoms with van der Waals surface area (Å²) in [6.07, 6.45) is 0.840. The van der Waals surface area contributed by atoms with Crippen molar-refractivity contribution in [2.24, 2.45) is 0 Å². The van der Waals surface area contributed by atoms with Crippen molar-refractivity contribution in [2.45, 2.75) is 6.42 Å². The zero-order valence-electron chi connectivity index (χ0n) is 9.63. The molecular formula is C13H14BrNO2. The van der Waals surface area contributed by atoms with Gasteiger partial charge in [0, 0.05) is 11.0 Å². The van der Waals surface area contributed by atoms with Crippen LogP contribution in [0.5, 0.6) is 0 Å². The van der Waals surface area contributed by atoms with Crippen molar-refractivity contribution in [1.29, 1.82) is 0 Å². The van der Waals surface area contributed by atoms with Crippen LogP contribution in [0.3, 0.4) is 0 Å². The Hall–Kier alpha value is -1.13. The van der Waals surface area contributed by atoms with Gasteiger partial charge in [-0.05, 0) is 30.2 Å². The van der Waals surface area contributed by atoms with Crippen molar-refractivity contribution >= 4 is 27.5 Å². The highest BCUT2D eigenvalue weighted by molar-refractivity contribution is 9.10. The van der Waals surface area contributed by atoms with E-state index in [9.17, 15) is 4.79 Å². The van der Waals surface area contributed by atoms with E-state index < -0.39 is 0 Å². The molecule has 1 aliphatic rings. The Morgan fingerprint density at radius 1 is 1.41 bits per heavy atom. The van der Waals surface area contributed by atoms with Crippen LogP contribution in [0, 0.1) is 0 Å². The van der Waals surface area contributed by atoms with E-state index in [0.717, 1.165) is 34.1 Å². The van der Waals surface area contributed by atoms with Gasteiger partial charge in [-0.1, -0.05) is 34.1 Å². The summed E-state index contributed by atoms with van der Waals surface area (Å²) in [5.74, 6) is -0.247. The molecule has 0 bridgehead atoms. The molecule has 1 N–H and O–H groups in total. The van der Waals surface area contributed by atoms with Gasteiger partial charge in [-0.25, -0.2) is 4.79 Å². The van der Waals surface area contributed by atoms with Gasteiger partial charge < -0.3 is 10.1 Å². The zero-order chi connectivity index (χ0) is 12.3. The molecule has 90 valence electrons. The van der Waals surface area contributed by atoms with Crippen molar-refractivity contribution in [3.05, 3.63) is 39.9 Å². The summed E-state index contributed by atoms with van der Waals surface area (Å²) in [5.41, 5.74) is 2.88. The predicted octanol–water partition coefficient (Wildman–Crippen LogP) is 2.37. The van der Waals surface area contributed by atoms with Gasteiger partial charge in [-0.15, -0.1) is 0 Å². The largest absolute Gasteiger partial charge is 0.466 e. The van der Waals surface area contributed by atoms with Crippen LogP contribution >= 0.6 is 15.9 Å². The maximum Gasteiger partial charge on any atom is 0.335 e. The van der Waals surface area contributed by atoms with Gasteiger partial charge in [0.05, 0.1) is 12.7 Å². The number of nitrogens with one attached hydrogen (secondary N) is 1. The van der Waals surface area contributed by atoms with E-state index in [-0.39, 0.29) is 5.97 Å². The van der Waals surface area contributed by atoms with Gasteiger partial charge in [0.2, 0.25) is 0 Å². The second kappa shape index (κ2) is 5.47. The lowest BCUT2D eigenvalue weighted by Crippen LogP contribution is -2.29. The van der Waals surface area contributed by atoms with E-state index >= 15 is 0 Å². The fourth-order valence-corrected chi connectivity index (χ4v) is 2.53. The summed E-state index contributed by atoms with van der Waals surface area (Å²) in [5, 5.41) is 3.20. The van der Waals surface area contributed by atoms with E-state index in [0.29, 0.717) is 6.54 Å². The number of carbonyl (C=O) groups is 1. The molecule has 0 radical (unpaired) electrons. The molecule has 0 unspecified atom stereocenters. The molecular weight excluding hydrogens is 282 g/mol. The van der Waals surface area contributed by atoms with Crippen LogP contribution in [-0.2, 0) is 9.53 Å². The van der Waals surface area contributed by atoms with Crippen molar-refractivity contribution in [1.82, 2.24) is 5.32 Å². The maximum absolute atomic E-state index is 11.7. The first-order chi connectivity index (χ1) is 8.24. The molecule has 2 rings (SSSR count). The minimum absolute atomic E-state index is 0.247. The Kier molecular flexibility index (Phi) is 3.97. The number of carbonyl (C=O) groups excluding carboxylic acids is 1. The number of hydrogen-bond donors (Lipinski definition) is 1. The van der Waals surface area contributed by atoms with Crippen LogP contribution in [-0.4, -0.2) is 26.2 Å². The lowest BCUT2D eigenvalue weighted by Gasteiger charge is -2.20. The number of benzene rings is 1. The van der Waals surface area contributed by atoms with Crippen LogP contribution in [0.4, 0.5) is 0 Å². The molecule has 3 nitrogen and oxygen atoms in total. The zero-order valence-corrected chi connectivity index (χ0v) is 11.2. The lowest BCUT2D eigenvalue weighted by atomic mass is 9.94. The van der Waals surface area contributed by atoms with E-state index in [1.165, 1.54) is 7.11 Å². The third-order valence-electron chi connectivity index (χ3n) is 2.85. The van der Waals surface area contributed by atoms with E-state index in [1.807, 2.05) is 24.3 Å². The second-order valence-electron chi connectivity index (χ2n) is 3.86. The summed E-state index contributed by atoms with van der Waals surface area (Å²) in [6.45, 7) is 1.46. The fourth-order valence-electron chi connectivity index (χ4n) is 2.01. The third-order valence-corrected chi connectivity index (χ3v) is 3.54. The molecule has 0 aliphatic carbocycles. The van der Waals surface area contributed by atoms with Crippen molar-refractivity contribution in [3.63, 3.8) is 0 Å². The molecule has 0 saturated heterocycles. The SMILES string of the molecule is COC(=O)C1=C(c2ccccc2Br)CCNC1. The summed E-state index contributed by atoms with van der Waals surface area (Å²) in [6, 6.07) is 7.95. The molecule has 1 aromatic carbocycles. The first-order valence-electron chi connectivity index (χ1n) is 5.50. The van der Waals surface area contributed by atoms with Crippen LogP contribution in [0.1, 0.15) is 12.0 Å². The molecule has 4 heteroatoms. The quantitative estimate of drug-likeness (QED) is 0.852. The highest BCUT2D eigenvalue weighted by Gasteiger charge is 2.21. The fraction of sp³-hybridized carbons (Fsp3) is 0.308. The van der Waals surface area contributed by atoms with E-state index in [4.69, 9.17) is 4.74 Å². The molecule has 1 heterocycles. The molecule has 1 aliphatic heterocycles. The average molecular weight is 296 g/mol. The van der Waals surface area contributed by atoms with Crippen molar-refractivity contribution < 1.29 is 9.53 Å². The van der Waals surface area contributed by atoms with Crippen LogP contribution in [0.25, 0.3) is 5.57 Å². The van der Waals surface area contributed by atoms with E-state index in [1.54, 1.807) is 0 Å². The third kappa shape index (κ3) is 2.58. The first kappa shape index (κ1) is 12.3. The highest BCUT2D eigenvalue weighted by atomic mass is 79.9. The van der Waals surface area contributed by atoms with Gasteiger partial charge in [-0.2, -0.15) is 0 Å². The maximum atomic E-state index is 11.7. The minimum atomic E-state index is -0.247. The minimum Gasteiger partial charge on any atom is -0.466 e. The van der Waals surface area contributed by atoms with Crippen LogP contribution in [0.15, 0.2) is 34.3 Å². The molecule has 0 atom stereocenters.